The predicted octanol–water partition coefficient (Wildman–Crippen LogP) is 4.48. The van der Waals surface area contributed by atoms with Gasteiger partial charge in [0.25, 0.3) is 0 Å². The Kier molecular flexibility index (Phi) is 7.43. The van der Waals surface area contributed by atoms with E-state index in [-0.39, 0.29) is 17.8 Å². The van der Waals surface area contributed by atoms with E-state index in [9.17, 15) is 9.59 Å². The lowest BCUT2D eigenvalue weighted by Gasteiger charge is -2.39. The third-order valence-corrected chi connectivity index (χ3v) is 5.84. The van der Waals surface area contributed by atoms with Crippen molar-refractivity contribution in [2.24, 2.45) is 0 Å². The fourth-order valence-corrected chi connectivity index (χ4v) is 4.31. The van der Waals surface area contributed by atoms with E-state index in [1.807, 2.05) is 36.4 Å². The van der Waals surface area contributed by atoms with Crippen LogP contribution in [0.25, 0.3) is 6.08 Å². The summed E-state index contributed by atoms with van der Waals surface area (Å²) in [5.74, 6) is -1.22. The maximum Gasteiger partial charge on any atom is 0.230 e. The second kappa shape index (κ2) is 11.0. The van der Waals surface area contributed by atoms with Crippen molar-refractivity contribution in [2.75, 3.05) is 0 Å². The summed E-state index contributed by atoms with van der Waals surface area (Å²) in [5, 5.41) is 0. The highest BCUT2D eigenvalue weighted by Gasteiger charge is 2.49. The highest BCUT2D eigenvalue weighted by Crippen LogP contribution is 2.46. The van der Waals surface area contributed by atoms with Crippen LogP contribution in [0, 0.1) is 0 Å². The lowest BCUT2D eigenvalue weighted by Crippen LogP contribution is -2.43. The summed E-state index contributed by atoms with van der Waals surface area (Å²) in [6.45, 7) is 3.75. The smallest absolute Gasteiger partial charge is 0.230 e. The molecule has 6 heteroatoms. The molecule has 4 aromatic heterocycles. The van der Waals surface area contributed by atoms with Crippen molar-refractivity contribution in [2.45, 2.75) is 17.8 Å². The molecule has 0 bridgehead atoms. The third-order valence-electron chi connectivity index (χ3n) is 5.84. The largest absolute Gasteiger partial charge is 0.294 e. The van der Waals surface area contributed by atoms with Crippen molar-refractivity contribution < 1.29 is 9.59 Å². The molecule has 2 unspecified atom stereocenters. The van der Waals surface area contributed by atoms with E-state index in [0.29, 0.717) is 22.8 Å². The Bertz CT molecular complexity index is 1310. The van der Waals surface area contributed by atoms with E-state index < -0.39 is 11.3 Å². The summed E-state index contributed by atoms with van der Waals surface area (Å²) in [7, 11) is 0. The van der Waals surface area contributed by atoms with E-state index in [1.165, 1.54) is 6.08 Å². The van der Waals surface area contributed by atoms with E-state index in [4.69, 9.17) is 0 Å². The minimum atomic E-state index is -1.30. The van der Waals surface area contributed by atoms with Crippen LogP contribution >= 0.6 is 0 Å². The molecular formula is C29H23N4O2. The van der Waals surface area contributed by atoms with Crippen LogP contribution in [0.4, 0.5) is 0 Å². The third kappa shape index (κ3) is 5.01. The van der Waals surface area contributed by atoms with E-state index >= 15 is 0 Å². The van der Waals surface area contributed by atoms with Gasteiger partial charge in [-0.05, 0) is 60.7 Å². The van der Waals surface area contributed by atoms with Gasteiger partial charge in [0, 0.05) is 42.5 Å². The lowest BCUT2D eigenvalue weighted by atomic mass is 9.62. The molecule has 0 saturated heterocycles. The lowest BCUT2D eigenvalue weighted by molar-refractivity contribution is -0.117. The second-order valence-corrected chi connectivity index (χ2v) is 7.89. The molecule has 4 rings (SSSR count). The zero-order chi connectivity index (χ0) is 24.5. The van der Waals surface area contributed by atoms with E-state index in [0.717, 1.165) is 0 Å². The first kappa shape index (κ1) is 23.6. The predicted molar refractivity (Wildman–Crippen MR) is 134 cm³/mol. The van der Waals surface area contributed by atoms with Crippen molar-refractivity contribution >= 4 is 18.1 Å². The van der Waals surface area contributed by atoms with Crippen LogP contribution in [0.15, 0.2) is 116 Å². The number of rotatable bonds is 10. The maximum atomic E-state index is 13.6. The van der Waals surface area contributed by atoms with Gasteiger partial charge in [-0.2, -0.15) is 0 Å². The van der Waals surface area contributed by atoms with Crippen molar-refractivity contribution in [3.05, 3.63) is 139 Å². The van der Waals surface area contributed by atoms with Gasteiger partial charge in [-0.25, -0.2) is 0 Å². The number of hydrogen-bond acceptors (Lipinski definition) is 6. The minimum absolute atomic E-state index is 0.194. The normalized spacial score (nSPS) is 13.9. The Balaban J connectivity index is 2.10. The van der Waals surface area contributed by atoms with Crippen molar-refractivity contribution in [3.63, 3.8) is 0 Å². The SMILES string of the molecule is C=CC(=O)C(c1ccccn1)C(Cc1ccccn1)(/C([C]=O)=C/c1ccccn1)c1ccccn1. The molecule has 35 heavy (non-hydrogen) atoms. The molecule has 1 radical (unpaired) electrons. The molecule has 0 spiro atoms. The standard InChI is InChI=1S/C29H23N4O2/c1-2-26(35)28(25-13-5-9-17-32-25)29(27-14-6-10-18-33-27,20-24-12-4-8-16-31-24)22(21-34)19-23-11-3-7-15-30-23/h2-19,28H,1,20H2/b22-19+. The molecule has 0 aliphatic rings. The zero-order valence-corrected chi connectivity index (χ0v) is 19.0. The van der Waals surface area contributed by atoms with E-state index in [2.05, 4.69) is 32.8 Å². The maximum absolute atomic E-state index is 13.6. The van der Waals surface area contributed by atoms with Gasteiger partial charge in [0.1, 0.15) is 0 Å². The summed E-state index contributed by atoms with van der Waals surface area (Å²) >= 11 is 0. The van der Waals surface area contributed by atoms with Crippen LogP contribution < -0.4 is 0 Å². The molecular weight excluding hydrogens is 436 g/mol. The van der Waals surface area contributed by atoms with Gasteiger partial charge in [0.15, 0.2) is 5.78 Å². The Labute approximate surface area is 204 Å². The quantitative estimate of drug-likeness (QED) is 0.325. The zero-order valence-electron chi connectivity index (χ0n) is 19.0. The van der Waals surface area contributed by atoms with Crippen LogP contribution in [0.1, 0.15) is 28.7 Å². The number of pyridine rings is 4. The molecule has 0 amide bonds. The van der Waals surface area contributed by atoms with E-state index in [1.54, 1.807) is 67.3 Å². The second-order valence-electron chi connectivity index (χ2n) is 7.89. The number of ketones is 1. The number of aromatic nitrogens is 4. The average Bonchev–Trinajstić information content (AvgIpc) is 2.93. The van der Waals surface area contributed by atoms with Gasteiger partial charge in [0.05, 0.1) is 28.4 Å². The molecule has 2 atom stereocenters. The van der Waals surface area contributed by atoms with Crippen molar-refractivity contribution in [1.82, 2.24) is 19.9 Å². The fraction of sp³-hybridized carbons (Fsp3) is 0.103. The Hall–Kier alpha value is -4.58. The molecule has 0 N–H and O–H groups in total. The molecule has 4 heterocycles. The first-order valence-corrected chi connectivity index (χ1v) is 11.1. The van der Waals surface area contributed by atoms with Crippen LogP contribution in [0.3, 0.4) is 0 Å². The Morgan fingerprint density at radius 1 is 0.857 bits per heavy atom. The van der Waals surface area contributed by atoms with Gasteiger partial charge in [-0.3, -0.25) is 29.5 Å². The van der Waals surface area contributed by atoms with Gasteiger partial charge in [-0.15, -0.1) is 0 Å². The van der Waals surface area contributed by atoms with Gasteiger partial charge < -0.3 is 0 Å². The number of nitrogens with zero attached hydrogens (tertiary/aromatic N) is 4. The topological polar surface area (TPSA) is 85.7 Å². The number of carbonyl (C=O) groups is 1. The first-order chi connectivity index (χ1) is 17.2. The molecule has 6 nitrogen and oxygen atoms in total. The summed E-state index contributed by atoms with van der Waals surface area (Å²) < 4.78 is 0. The summed E-state index contributed by atoms with van der Waals surface area (Å²) in [4.78, 5) is 44.4. The van der Waals surface area contributed by atoms with Crippen LogP contribution in [-0.2, 0) is 21.4 Å². The van der Waals surface area contributed by atoms with Gasteiger partial charge in [-0.1, -0.05) is 30.8 Å². The highest BCUT2D eigenvalue weighted by atomic mass is 16.1. The number of allylic oxidation sites excluding steroid dienone is 2. The Morgan fingerprint density at radius 3 is 2.06 bits per heavy atom. The molecule has 0 aliphatic heterocycles. The molecule has 0 aliphatic carbocycles. The van der Waals surface area contributed by atoms with Crippen LogP contribution in [0.5, 0.6) is 0 Å². The van der Waals surface area contributed by atoms with Crippen LogP contribution in [-0.4, -0.2) is 32.0 Å². The van der Waals surface area contributed by atoms with Crippen LogP contribution in [0.2, 0.25) is 0 Å². The Morgan fingerprint density at radius 2 is 1.51 bits per heavy atom. The monoisotopic (exact) mass is 459 g/mol. The molecule has 171 valence electrons. The van der Waals surface area contributed by atoms with Crippen molar-refractivity contribution in [3.8, 4) is 0 Å². The average molecular weight is 460 g/mol. The molecule has 0 aromatic carbocycles. The first-order valence-electron chi connectivity index (χ1n) is 11.1. The minimum Gasteiger partial charge on any atom is -0.294 e. The summed E-state index contributed by atoms with van der Waals surface area (Å²) in [6.07, 6.45) is 11.8. The highest BCUT2D eigenvalue weighted by molar-refractivity contribution is 5.99. The van der Waals surface area contributed by atoms with Gasteiger partial charge >= 0.3 is 0 Å². The molecule has 0 saturated carbocycles. The number of hydrogen-bond donors (Lipinski definition) is 0. The van der Waals surface area contributed by atoms with Crippen molar-refractivity contribution in [1.29, 1.82) is 0 Å². The summed E-state index contributed by atoms with van der Waals surface area (Å²) in [6, 6.07) is 21.7. The number of carbonyl (C=O) groups excluding carboxylic acids is 2. The van der Waals surface area contributed by atoms with Gasteiger partial charge in [0.2, 0.25) is 6.29 Å². The molecule has 4 aromatic rings. The molecule has 0 fully saturated rings. The fourth-order valence-electron chi connectivity index (χ4n) is 4.31. The summed E-state index contributed by atoms with van der Waals surface area (Å²) in [5.41, 5.74) is 1.15.